The van der Waals surface area contributed by atoms with E-state index in [2.05, 4.69) is 16.0 Å². The smallest absolute Gasteiger partial charge is 0.239 e. The Kier molecular flexibility index (Phi) is 3.90. The van der Waals surface area contributed by atoms with Crippen LogP contribution >= 0.6 is 12.2 Å². The van der Waals surface area contributed by atoms with Gasteiger partial charge in [0.25, 0.3) is 0 Å². The van der Waals surface area contributed by atoms with Gasteiger partial charge in [0.1, 0.15) is 0 Å². The largest absolute Gasteiger partial charge is 0.360 e. The first-order chi connectivity index (χ1) is 6.87. The van der Waals surface area contributed by atoms with Crippen LogP contribution in [0, 0.1) is 0 Å². The minimum Gasteiger partial charge on any atom is -0.360 e. The van der Waals surface area contributed by atoms with Gasteiger partial charge in [-0.25, -0.2) is 0 Å². The van der Waals surface area contributed by atoms with Crippen LogP contribution in [0.3, 0.4) is 0 Å². The maximum Gasteiger partial charge on any atom is 0.239 e. The molecule has 15 heavy (non-hydrogen) atoms. The number of hydrogen-bond donors (Lipinski definition) is 3. The zero-order chi connectivity index (χ0) is 11.5. The van der Waals surface area contributed by atoms with Crippen molar-refractivity contribution in [2.24, 2.45) is 0 Å². The van der Waals surface area contributed by atoms with Crippen LogP contribution < -0.4 is 16.0 Å². The lowest BCUT2D eigenvalue weighted by atomic mass is 10.1. The van der Waals surface area contributed by atoms with E-state index in [1.807, 2.05) is 20.8 Å². The molecular weight excluding hydrogens is 210 g/mol. The summed E-state index contributed by atoms with van der Waals surface area (Å²) < 4.78 is 0. The van der Waals surface area contributed by atoms with Crippen LogP contribution in [0.25, 0.3) is 0 Å². The number of carbonyl (C=O) groups excluding carboxylic acids is 1. The molecule has 0 spiro atoms. The molecule has 0 radical (unpaired) electrons. The van der Waals surface area contributed by atoms with Crippen molar-refractivity contribution in [2.45, 2.75) is 45.2 Å². The molecule has 0 saturated heterocycles. The Morgan fingerprint density at radius 1 is 1.40 bits per heavy atom. The van der Waals surface area contributed by atoms with E-state index in [0.717, 1.165) is 0 Å². The molecule has 1 aliphatic carbocycles. The number of hydrogen-bond acceptors (Lipinski definition) is 2. The van der Waals surface area contributed by atoms with Crippen molar-refractivity contribution in [1.29, 1.82) is 0 Å². The summed E-state index contributed by atoms with van der Waals surface area (Å²) in [6.07, 6.45) is 2.35. The van der Waals surface area contributed by atoms with E-state index in [4.69, 9.17) is 12.2 Å². The molecule has 86 valence electrons. The van der Waals surface area contributed by atoms with Crippen molar-refractivity contribution in [1.82, 2.24) is 16.0 Å². The summed E-state index contributed by atoms with van der Waals surface area (Å²) in [4.78, 5) is 11.4. The fourth-order valence-electron chi connectivity index (χ4n) is 1.09. The van der Waals surface area contributed by atoms with Gasteiger partial charge < -0.3 is 16.0 Å². The van der Waals surface area contributed by atoms with Gasteiger partial charge in [-0.05, 0) is 45.8 Å². The van der Waals surface area contributed by atoms with Crippen LogP contribution in [-0.2, 0) is 4.79 Å². The number of thiocarbonyl (C=S) groups is 1. The second kappa shape index (κ2) is 4.79. The van der Waals surface area contributed by atoms with Gasteiger partial charge >= 0.3 is 0 Å². The molecule has 0 aromatic heterocycles. The lowest BCUT2D eigenvalue weighted by molar-refractivity contribution is -0.121. The molecule has 1 amide bonds. The second-order valence-electron chi connectivity index (χ2n) is 4.90. The highest BCUT2D eigenvalue weighted by molar-refractivity contribution is 7.80. The third-order valence-corrected chi connectivity index (χ3v) is 2.10. The Bertz CT molecular complexity index is 256. The van der Waals surface area contributed by atoms with Crippen LogP contribution in [0.1, 0.15) is 33.6 Å². The minimum atomic E-state index is -0.190. The first-order valence-corrected chi connectivity index (χ1v) is 5.63. The molecule has 0 aromatic rings. The second-order valence-corrected chi connectivity index (χ2v) is 5.31. The van der Waals surface area contributed by atoms with Crippen LogP contribution in [0.5, 0.6) is 0 Å². The van der Waals surface area contributed by atoms with Crippen molar-refractivity contribution < 1.29 is 4.79 Å². The highest BCUT2D eigenvalue weighted by Gasteiger charge is 2.22. The molecule has 1 saturated carbocycles. The topological polar surface area (TPSA) is 53.2 Å². The molecular formula is C10H19N3OS. The summed E-state index contributed by atoms with van der Waals surface area (Å²) in [5.41, 5.74) is -0.190. The van der Waals surface area contributed by atoms with Gasteiger partial charge in [0.15, 0.2) is 5.11 Å². The average Bonchev–Trinajstić information content (AvgIpc) is 2.81. The first kappa shape index (κ1) is 12.2. The Labute approximate surface area is 96.2 Å². The van der Waals surface area contributed by atoms with Crippen LogP contribution in [-0.4, -0.2) is 29.1 Å². The van der Waals surface area contributed by atoms with Crippen molar-refractivity contribution in [3.8, 4) is 0 Å². The maximum absolute atomic E-state index is 11.4. The number of rotatable bonds is 3. The normalized spacial score (nSPS) is 15.7. The predicted octanol–water partition coefficient (Wildman–Crippen LogP) is 0.528. The van der Waals surface area contributed by atoms with Crippen molar-refractivity contribution >= 4 is 23.2 Å². The van der Waals surface area contributed by atoms with Gasteiger partial charge in [-0.15, -0.1) is 0 Å². The van der Waals surface area contributed by atoms with E-state index in [9.17, 15) is 4.79 Å². The molecule has 1 rings (SSSR count). The number of nitrogens with one attached hydrogen (secondary N) is 3. The maximum atomic E-state index is 11.4. The van der Waals surface area contributed by atoms with Gasteiger partial charge in [0.2, 0.25) is 5.91 Å². The number of amides is 1. The highest BCUT2D eigenvalue weighted by Crippen LogP contribution is 2.18. The highest BCUT2D eigenvalue weighted by atomic mass is 32.1. The zero-order valence-electron chi connectivity index (χ0n) is 9.52. The average molecular weight is 229 g/mol. The summed E-state index contributed by atoms with van der Waals surface area (Å²) in [6.45, 7) is 6.08. The molecule has 0 aromatic carbocycles. The van der Waals surface area contributed by atoms with E-state index < -0.39 is 0 Å². The molecule has 4 nitrogen and oxygen atoms in total. The lowest BCUT2D eigenvalue weighted by Crippen LogP contribution is -2.47. The van der Waals surface area contributed by atoms with Crippen molar-refractivity contribution in [3.63, 3.8) is 0 Å². The van der Waals surface area contributed by atoms with E-state index in [0.29, 0.717) is 11.2 Å². The first-order valence-electron chi connectivity index (χ1n) is 5.22. The Balaban J connectivity index is 2.12. The molecule has 0 aliphatic heterocycles. The molecule has 3 N–H and O–H groups in total. The fraction of sp³-hybridized carbons (Fsp3) is 0.800. The molecule has 1 fully saturated rings. The predicted molar refractivity (Wildman–Crippen MR) is 64.7 cm³/mol. The van der Waals surface area contributed by atoms with Crippen LogP contribution in [0.2, 0.25) is 0 Å². The molecule has 5 heteroatoms. The molecule has 0 atom stereocenters. The van der Waals surface area contributed by atoms with Crippen LogP contribution in [0.15, 0.2) is 0 Å². The molecule has 0 unspecified atom stereocenters. The van der Waals surface area contributed by atoms with E-state index in [1.54, 1.807) is 0 Å². The molecule has 1 aliphatic rings. The Morgan fingerprint density at radius 3 is 2.47 bits per heavy atom. The van der Waals surface area contributed by atoms with Crippen LogP contribution in [0.4, 0.5) is 0 Å². The monoisotopic (exact) mass is 229 g/mol. The van der Waals surface area contributed by atoms with Gasteiger partial charge in [0, 0.05) is 11.6 Å². The number of carbonyl (C=O) groups is 1. The summed E-state index contributed by atoms with van der Waals surface area (Å²) >= 11 is 5.03. The summed E-state index contributed by atoms with van der Waals surface area (Å²) in [5, 5.41) is 9.42. The summed E-state index contributed by atoms with van der Waals surface area (Å²) in [7, 11) is 0. The minimum absolute atomic E-state index is 0.0394. The van der Waals surface area contributed by atoms with Crippen molar-refractivity contribution in [3.05, 3.63) is 0 Å². The van der Waals surface area contributed by atoms with Crippen molar-refractivity contribution in [2.75, 3.05) is 6.54 Å². The Morgan fingerprint density at radius 2 is 2.00 bits per heavy atom. The van der Waals surface area contributed by atoms with Gasteiger partial charge in [-0.3, -0.25) is 4.79 Å². The molecule has 0 bridgehead atoms. The van der Waals surface area contributed by atoms with E-state index in [1.165, 1.54) is 12.8 Å². The quantitative estimate of drug-likeness (QED) is 0.618. The third kappa shape index (κ3) is 6.28. The zero-order valence-corrected chi connectivity index (χ0v) is 10.3. The third-order valence-electron chi connectivity index (χ3n) is 1.84. The lowest BCUT2D eigenvalue weighted by Gasteiger charge is -2.20. The van der Waals surface area contributed by atoms with E-state index in [-0.39, 0.29) is 18.0 Å². The summed E-state index contributed by atoms with van der Waals surface area (Å²) in [6, 6.07) is 0.524. The van der Waals surface area contributed by atoms with Gasteiger partial charge in [0.05, 0.1) is 6.54 Å². The summed E-state index contributed by atoms with van der Waals surface area (Å²) in [5.74, 6) is -0.0394. The fourth-order valence-corrected chi connectivity index (χ4v) is 1.33. The molecule has 0 heterocycles. The SMILES string of the molecule is CC(C)(C)NC(=O)CNC(=S)NC1CC1. The Hall–Kier alpha value is -0.840. The van der Waals surface area contributed by atoms with Gasteiger partial charge in [-0.1, -0.05) is 0 Å². The van der Waals surface area contributed by atoms with Gasteiger partial charge in [-0.2, -0.15) is 0 Å². The standard InChI is InChI=1S/C10H19N3OS/c1-10(2,3)13-8(14)6-11-9(15)12-7-4-5-7/h7H,4-6H2,1-3H3,(H,13,14)(H2,11,12,15). The van der Waals surface area contributed by atoms with E-state index >= 15 is 0 Å².